The molecule has 0 amide bonds. The van der Waals surface area contributed by atoms with Gasteiger partial charge in [-0.25, -0.2) is 29.5 Å². The van der Waals surface area contributed by atoms with Gasteiger partial charge >= 0.3 is 11.9 Å². The van der Waals surface area contributed by atoms with Crippen molar-refractivity contribution in [2.45, 2.75) is 0 Å². The Morgan fingerprint density at radius 3 is 1.51 bits per heavy atom. The van der Waals surface area contributed by atoms with E-state index in [9.17, 15) is 24.9 Å². The number of aromatic carboxylic acids is 1. The van der Waals surface area contributed by atoms with E-state index in [0.717, 1.165) is 5.39 Å². The molecule has 0 saturated heterocycles. The maximum absolute atomic E-state index is 11.9. The zero-order valence-electron chi connectivity index (χ0n) is 30.9. The summed E-state index contributed by atoms with van der Waals surface area (Å²) in [5, 5.41) is 33.0. The number of carbonyl (C=O) groups is 2. The number of benzene rings is 4. The SMILES string of the molecule is COCCOc1ccc2c(-c3c(O)[nH]c4ccc(C(=O)O)cc34)ncnc2c1.COCCOc1ccc2c(-c3c(O)[nH]c4ccc(C(=O)OC)cc34)ncnc2c1. The maximum atomic E-state index is 11.9. The van der Waals surface area contributed by atoms with Gasteiger partial charge in [-0.15, -0.1) is 0 Å². The first-order valence-corrected chi connectivity index (χ1v) is 17.5. The summed E-state index contributed by atoms with van der Waals surface area (Å²) in [5.74, 6) is -0.316. The van der Waals surface area contributed by atoms with Gasteiger partial charge in [0.1, 0.15) is 37.4 Å². The van der Waals surface area contributed by atoms with Crippen LogP contribution in [0.1, 0.15) is 20.7 Å². The zero-order valence-corrected chi connectivity index (χ0v) is 30.9. The van der Waals surface area contributed by atoms with Crippen LogP contribution in [0.15, 0.2) is 85.5 Å². The van der Waals surface area contributed by atoms with E-state index >= 15 is 0 Å². The number of carbonyl (C=O) groups excluding carboxylic acids is 1. The number of methoxy groups -OCH3 is 3. The van der Waals surface area contributed by atoms with Crippen LogP contribution in [0.25, 0.3) is 66.1 Å². The first kappa shape index (κ1) is 38.0. The molecule has 4 heterocycles. The number of hydrogen-bond acceptors (Lipinski definition) is 13. The number of H-pyrrole nitrogens is 2. The Hall–Kier alpha value is -7.30. The van der Waals surface area contributed by atoms with Crippen LogP contribution >= 0.6 is 0 Å². The lowest BCUT2D eigenvalue weighted by Crippen LogP contribution is -2.04. The average molecular weight is 773 g/mol. The van der Waals surface area contributed by atoms with E-state index in [1.54, 1.807) is 50.6 Å². The summed E-state index contributed by atoms with van der Waals surface area (Å²) in [6.07, 6.45) is 2.83. The third-order valence-corrected chi connectivity index (χ3v) is 9.03. The number of aromatic nitrogens is 6. The maximum Gasteiger partial charge on any atom is 0.337 e. The van der Waals surface area contributed by atoms with Gasteiger partial charge in [0.15, 0.2) is 11.8 Å². The molecule has 16 nitrogen and oxygen atoms in total. The van der Waals surface area contributed by atoms with Crippen molar-refractivity contribution < 1.29 is 48.6 Å². The van der Waals surface area contributed by atoms with Crippen molar-refractivity contribution in [3.63, 3.8) is 0 Å². The monoisotopic (exact) mass is 772 g/mol. The van der Waals surface area contributed by atoms with Crippen LogP contribution in [0.3, 0.4) is 0 Å². The number of carboxylic acids is 1. The number of aromatic amines is 2. The molecule has 0 atom stereocenters. The fourth-order valence-electron chi connectivity index (χ4n) is 6.35. The van der Waals surface area contributed by atoms with Crippen molar-refractivity contribution in [1.82, 2.24) is 29.9 Å². The molecule has 4 aromatic carbocycles. The molecule has 8 rings (SSSR count). The molecule has 4 aromatic heterocycles. The molecular weight excluding hydrogens is 736 g/mol. The fraction of sp³-hybridized carbons (Fsp3) is 0.171. The Bertz CT molecular complexity index is 2760. The molecule has 290 valence electrons. The fourth-order valence-corrected chi connectivity index (χ4v) is 6.35. The van der Waals surface area contributed by atoms with Gasteiger partial charge < -0.3 is 49.0 Å². The molecule has 0 fully saturated rings. The van der Waals surface area contributed by atoms with E-state index in [2.05, 4.69) is 29.9 Å². The summed E-state index contributed by atoms with van der Waals surface area (Å²) < 4.78 is 26.0. The van der Waals surface area contributed by atoms with Crippen LogP contribution in [0.4, 0.5) is 0 Å². The number of ether oxygens (including phenoxy) is 5. The Morgan fingerprint density at radius 2 is 1.05 bits per heavy atom. The third kappa shape index (κ3) is 7.80. The third-order valence-electron chi connectivity index (χ3n) is 9.03. The number of nitrogens with one attached hydrogen (secondary N) is 2. The summed E-state index contributed by atoms with van der Waals surface area (Å²) in [4.78, 5) is 46.4. The molecule has 0 radical (unpaired) electrons. The number of hydrogen-bond donors (Lipinski definition) is 5. The summed E-state index contributed by atoms with van der Waals surface area (Å²) in [5.41, 5.74) is 5.08. The van der Waals surface area contributed by atoms with Crippen LogP contribution in [-0.4, -0.2) is 105 Å². The Kier molecular flexibility index (Phi) is 11.1. The van der Waals surface area contributed by atoms with Gasteiger partial charge in [-0.3, -0.25) is 0 Å². The summed E-state index contributed by atoms with van der Waals surface area (Å²) in [6.45, 7) is 1.81. The largest absolute Gasteiger partial charge is 0.494 e. The highest BCUT2D eigenvalue weighted by atomic mass is 16.5. The van der Waals surface area contributed by atoms with E-state index in [-0.39, 0.29) is 17.3 Å². The highest BCUT2D eigenvalue weighted by molar-refractivity contribution is 6.08. The van der Waals surface area contributed by atoms with Crippen molar-refractivity contribution in [1.29, 1.82) is 0 Å². The van der Waals surface area contributed by atoms with Gasteiger partial charge in [-0.2, -0.15) is 0 Å². The van der Waals surface area contributed by atoms with E-state index in [1.165, 1.54) is 31.9 Å². The molecule has 16 heteroatoms. The quantitative estimate of drug-likeness (QED) is 0.0660. The second-order valence-corrected chi connectivity index (χ2v) is 12.5. The Balaban J connectivity index is 0.000000174. The van der Waals surface area contributed by atoms with Crippen LogP contribution in [0, 0.1) is 0 Å². The predicted molar refractivity (Wildman–Crippen MR) is 210 cm³/mol. The Morgan fingerprint density at radius 1 is 0.579 bits per heavy atom. The topological polar surface area (TPSA) is 224 Å². The van der Waals surface area contributed by atoms with Crippen LogP contribution < -0.4 is 9.47 Å². The predicted octanol–water partition coefficient (Wildman–Crippen LogP) is 6.50. The molecule has 0 spiro atoms. The molecule has 0 bridgehead atoms. The zero-order chi connectivity index (χ0) is 40.1. The molecule has 5 N–H and O–H groups in total. The molecule has 0 aliphatic carbocycles. The summed E-state index contributed by atoms with van der Waals surface area (Å²) in [6, 6.07) is 20.5. The van der Waals surface area contributed by atoms with Gasteiger partial charge in [0.05, 0.1) is 65.0 Å². The first-order chi connectivity index (χ1) is 27.7. The van der Waals surface area contributed by atoms with E-state index < -0.39 is 11.9 Å². The summed E-state index contributed by atoms with van der Waals surface area (Å²) >= 11 is 0. The number of nitrogens with zero attached hydrogens (tertiary/aromatic N) is 4. The smallest absolute Gasteiger partial charge is 0.337 e. The van der Waals surface area contributed by atoms with Gasteiger partial charge in [0.25, 0.3) is 0 Å². The van der Waals surface area contributed by atoms with E-state index in [4.69, 9.17) is 23.7 Å². The second-order valence-electron chi connectivity index (χ2n) is 12.5. The van der Waals surface area contributed by atoms with Gasteiger partial charge in [0.2, 0.25) is 0 Å². The van der Waals surface area contributed by atoms with Crippen molar-refractivity contribution in [2.75, 3.05) is 47.8 Å². The molecule has 57 heavy (non-hydrogen) atoms. The standard InChI is InChI=1S/C21H19N3O5.C20H17N3O5/c1-27-7-8-29-13-4-5-14-17(10-13)22-11-23-19(14)18-15-9-12(21(26)28-2)3-6-16(15)24-20(18)25;1-27-6-7-28-12-3-4-13-16(9-12)21-10-22-18(13)17-14-8-11(20(25)26)2-5-15(14)23-19(17)24/h3-6,9-11,24-25H,7-8H2,1-2H3;2-5,8-10,23-24H,6-7H2,1H3,(H,25,26). The van der Waals surface area contributed by atoms with E-state index in [0.29, 0.717) is 104 Å². The van der Waals surface area contributed by atoms with Gasteiger partial charge in [0, 0.05) is 58.9 Å². The highest BCUT2D eigenvalue weighted by Gasteiger charge is 2.21. The molecule has 0 aliphatic rings. The number of fused-ring (bicyclic) bond motifs is 4. The minimum atomic E-state index is -1.04. The van der Waals surface area contributed by atoms with Gasteiger partial charge in [-0.1, -0.05) is 0 Å². The van der Waals surface area contributed by atoms with Crippen molar-refractivity contribution in [3.8, 4) is 45.8 Å². The van der Waals surface area contributed by atoms with Crippen LogP contribution in [0.5, 0.6) is 23.3 Å². The lowest BCUT2D eigenvalue weighted by atomic mass is 10.0. The number of carboxylic acid groups (broad SMARTS) is 1. The van der Waals surface area contributed by atoms with Crippen LogP contribution in [0.2, 0.25) is 0 Å². The van der Waals surface area contributed by atoms with Crippen LogP contribution in [-0.2, 0) is 14.2 Å². The minimum Gasteiger partial charge on any atom is -0.494 e. The van der Waals surface area contributed by atoms with Gasteiger partial charge in [-0.05, 0) is 60.7 Å². The summed E-state index contributed by atoms with van der Waals surface area (Å²) in [7, 11) is 4.54. The average Bonchev–Trinajstić information content (AvgIpc) is 3.73. The first-order valence-electron chi connectivity index (χ1n) is 17.5. The van der Waals surface area contributed by atoms with Crippen molar-refractivity contribution in [3.05, 3.63) is 96.6 Å². The second kappa shape index (κ2) is 16.6. The molecule has 8 aromatic rings. The normalized spacial score (nSPS) is 11.1. The van der Waals surface area contributed by atoms with Crippen molar-refractivity contribution in [2.24, 2.45) is 0 Å². The lowest BCUT2D eigenvalue weighted by molar-refractivity contribution is 0.0600. The molecular formula is C41H36N6O10. The number of aromatic hydroxyl groups is 2. The minimum absolute atomic E-state index is 0.0394. The lowest BCUT2D eigenvalue weighted by Gasteiger charge is -2.09. The molecule has 0 saturated carbocycles. The van der Waals surface area contributed by atoms with E-state index in [1.807, 2.05) is 24.3 Å². The molecule has 0 aliphatic heterocycles. The highest BCUT2D eigenvalue weighted by Crippen LogP contribution is 2.41. The van der Waals surface area contributed by atoms with Crippen molar-refractivity contribution >= 4 is 55.6 Å². The number of esters is 1. The Labute approximate surface area is 323 Å². The molecule has 0 unspecified atom stereocenters. The number of rotatable bonds is 12.